The minimum atomic E-state index is -1.55. The number of benzene rings is 2. The van der Waals surface area contributed by atoms with Crippen LogP contribution in [0.1, 0.15) is 29.8 Å². The lowest BCUT2D eigenvalue weighted by atomic mass is 10.1. The van der Waals surface area contributed by atoms with Crippen LogP contribution in [0.5, 0.6) is 0 Å². The molecule has 0 atom stereocenters. The first-order chi connectivity index (χ1) is 14.3. The van der Waals surface area contributed by atoms with Crippen LogP contribution < -0.4 is 15.7 Å². The van der Waals surface area contributed by atoms with Gasteiger partial charge in [-0.3, -0.25) is 4.79 Å². The van der Waals surface area contributed by atoms with E-state index in [9.17, 15) is 9.59 Å². The molecule has 6 heteroatoms. The lowest BCUT2D eigenvalue weighted by Gasteiger charge is -2.24. The van der Waals surface area contributed by atoms with Gasteiger partial charge in [0.2, 0.25) is 0 Å². The van der Waals surface area contributed by atoms with E-state index < -0.39 is 16.1 Å². The van der Waals surface area contributed by atoms with Gasteiger partial charge >= 0.3 is 5.97 Å². The van der Waals surface area contributed by atoms with Crippen molar-refractivity contribution in [2.45, 2.75) is 53.1 Å². The number of hydrogen-bond acceptors (Lipinski definition) is 3. The molecule has 0 saturated carbocycles. The first-order valence-electron chi connectivity index (χ1n) is 10.7. The van der Waals surface area contributed by atoms with Crippen molar-refractivity contribution in [3.05, 3.63) is 59.2 Å². The minimum absolute atomic E-state index is 0.0920. The molecule has 0 bridgehead atoms. The lowest BCUT2D eigenvalue weighted by Crippen LogP contribution is -2.46. The number of carbonyl (C=O) groups is 2. The van der Waals surface area contributed by atoms with Gasteiger partial charge in [-0.05, 0) is 37.6 Å². The van der Waals surface area contributed by atoms with Crippen LogP contribution in [-0.4, -0.2) is 34.6 Å². The molecule has 1 amide bonds. The Balaban J connectivity index is 2.25. The molecule has 2 rings (SSSR count). The maximum absolute atomic E-state index is 13.0. The molecule has 0 spiro atoms. The number of esters is 1. The van der Waals surface area contributed by atoms with Crippen LogP contribution in [0.15, 0.2) is 48.0 Å². The van der Waals surface area contributed by atoms with E-state index in [2.05, 4.69) is 62.8 Å². The van der Waals surface area contributed by atoms with Crippen LogP contribution in [0.4, 0.5) is 5.69 Å². The fourth-order valence-electron chi connectivity index (χ4n) is 3.04. The Morgan fingerprint density at radius 1 is 0.903 bits per heavy atom. The summed E-state index contributed by atoms with van der Waals surface area (Å²) in [6.07, 6.45) is 1.78. The van der Waals surface area contributed by atoms with Crippen molar-refractivity contribution in [2.75, 3.05) is 11.9 Å². The second-order valence-corrected chi connectivity index (χ2v) is 20.1. The standard InChI is InChI=1S/C25H35NO3Si2/c1-9-29-25(28)18(2)14-19-10-12-21(13-11-19)26-24(27)20-15-22(30(3,4)5)17-23(16-20)31(6,7)8/h10-17H,9H2,1-8H3,(H,26,27). The van der Waals surface area contributed by atoms with Crippen LogP contribution in [-0.2, 0) is 9.53 Å². The second-order valence-electron chi connectivity index (χ2n) is 9.92. The summed E-state index contributed by atoms with van der Waals surface area (Å²) in [5, 5.41) is 5.64. The molecule has 2 aromatic rings. The van der Waals surface area contributed by atoms with Crippen molar-refractivity contribution in [1.82, 2.24) is 0 Å². The molecule has 0 saturated heterocycles. The Bertz CT molecular complexity index is 949. The van der Waals surface area contributed by atoms with Crippen molar-refractivity contribution in [3.63, 3.8) is 0 Å². The maximum Gasteiger partial charge on any atom is 0.333 e. The molecule has 0 unspecified atom stereocenters. The normalized spacial score (nSPS) is 12.5. The second kappa shape index (κ2) is 9.79. The van der Waals surface area contributed by atoms with Gasteiger partial charge in [0, 0.05) is 16.8 Å². The zero-order valence-electron chi connectivity index (χ0n) is 20.1. The summed E-state index contributed by atoms with van der Waals surface area (Å²) in [6.45, 7) is 17.7. The quantitative estimate of drug-likeness (QED) is 0.365. The Kier molecular flexibility index (Phi) is 7.84. The van der Waals surface area contributed by atoms with Gasteiger partial charge in [0.1, 0.15) is 0 Å². The van der Waals surface area contributed by atoms with E-state index in [1.165, 1.54) is 10.4 Å². The van der Waals surface area contributed by atoms with Gasteiger partial charge < -0.3 is 10.1 Å². The van der Waals surface area contributed by atoms with Crippen LogP contribution in [0, 0.1) is 0 Å². The van der Waals surface area contributed by atoms with Crippen LogP contribution in [0.2, 0.25) is 39.3 Å². The van der Waals surface area contributed by atoms with Gasteiger partial charge in [-0.1, -0.05) is 80.0 Å². The highest BCUT2D eigenvalue weighted by molar-refractivity contribution is 6.91. The summed E-state index contributed by atoms with van der Waals surface area (Å²) < 4.78 is 5.01. The van der Waals surface area contributed by atoms with Crippen molar-refractivity contribution < 1.29 is 14.3 Å². The van der Waals surface area contributed by atoms with Gasteiger partial charge in [-0.15, -0.1) is 0 Å². The SMILES string of the molecule is CCOC(=O)C(C)=Cc1ccc(NC(=O)c2cc([Si](C)(C)C)cc([Si](C)(C)C)c2)cc1. The number of anilines is 1. The predicted molar refractivity (Wildman–Crippen MR) is 137 cm³/mol. The van der Waals surface area contributed by atoms with Crippen molar-refractivity contribution >= 4 is 50.2 Å². The summed E-state index contributed by atoms with van der Waals surface area (Å²) in [5.74, 6) is -0.411. The Labute approximate surface area is 188 Å². The predicted octanol–water partition coefficient (Wildman–Crippen LogP) is 5.00. The third-order valence-corrected chi connectivity index (χ3v) is 9.12. The van der Waals surface area contributed by atoms with E-state index in [4.69, 9.17) is 4.74 Å². The van der Waals surface area contributed by atoms with E-state index in [-0.39, 0.29) is 11.9 Å². The zero-order chi connectivity index (χ0) is 23.4. The number of rotatable bonds is 7. The first kappa shape index (κ1) is 24.8. The highest BCUT2D eigenvalue weighted by atomic mass is 28.3. The van der Waals surface area contributed by atoms with Gasteiger partial charge in [0.15, 0.2) is 0 Å². The molecule has 0 radical (unpaired) electrons. The largest absolute Gasteiger partial charge is 0.463 e. The lowest BCUT2D eigenvalue weighted by molar-refractivity contribution is -0.138. The monoisotopic (exact) mass is 453 g/mol. The van der Waals surface area contributed by atoms with E-state index >= 15 is 0 Å². The van der Waals surface area contributed by atoms with Gasteiger partial charge in [0.25, 0.3) is 5.91 Å². The summed E-state index contributed by atoms with van der Waals surface area (Å²) in [5.41, 5.74) is 2.87. The number of carbonyl (C=O) groups excluding carboxylic acids is 2. The highest BCUT2D eigenvalue weighted by Gasteiger charge is 2.24. The Hall–Kier alpha value is -2.45. The maximum atomic E-state index is 13.0. The molecule has 1 N–H and O–H groups in total. The molecule has 166 valence electrons. The number of nitrogens with one attached hydrogen (secondary N) is 1. The van der Waals surface area contributed by atoms with Crippen molar-refractivity contribution in [1.29, 1.82) is 0 Å². The van der Waals surface area contributed by atoms with Crippen molar-refractivity contribution in [2.24, 2.45) is 0 Å². The molecule has 2 aromatic carbocycles. The topological polar surface area (TPSA) is 55.4 Å². The van der Waals surface area contributed by atoms with E-state index in [0.717, 1.165) is 16.8 Å². The molecule has 0 heterocycles. The third kappa shape index (κ3) is 7.04. The molecule has 4 nitrogen and oxygen atoms in total. The number of amides is 1. The minimum Gasteiger partial charge on any atom is -0.463 e. The van der Waals surface area contributed by atoms with Crippen LogP contribution in [0.25, 0.3) is 6.08 Å². The van der Waals surface area contributed by atoms with E-state index in [1.54, 1.807) is 19.9 Å². The zero-order valence-corrected chi connectivity index (χ0v) is 22.1. The van der Waals surface area contributed by atoms with Gasteiger partial charge in [-0.2, -0.15) is 0 Å². The third-order valence-electron chi connectivity index (χ3n) is 5.08. The summed E-state index contributed by atoms with van der Waals surface area (Å²) in [4.78, 5) is 24.8. The van der Waals surface area contributed by atoms with Gasteiger partial charge in [-0.25, -0.2) is 4.79 Å². The molecule has 0 aliphatic heterocycles. The first-order valence-corrected chi connectivity index (χ1v) is 17.7. The van der Waals surface area contributed by atoms with Crippen LogP contribution >= 0.6 is 0 Å². The Morgan fingerprint density at radius 2 is 1.42 bits per heavy atom. The summed E-state index contributed by atoms with van der Waals surface area (Å²) in [7, 11) is -3.11. The van der Waals surface area contributed by atoms with E-state index in [1.807, 2.05) is 24.3 Å². The summed E-state index contributed by atoms with van der Waals surface area (Å²) >= 11 is 0. The molecule has 0 aliphatic carbocycles. The smallest absolute Gasteiger partial charge is 0.333 e. The van der Waals surface area contributed by atoms with E-state index in [0.29, 0.717) is 12.2 Å². The average Bonchev–Trinajstić information content (AvgIpc) is 2.68. The van der Waals surface area contributed by atoms with Gasteiger partial charge in [0.05, 0.1) is 22.8 Å². The molecule has 0 fully saturated rings. The van der Waals surface area contributed by atoms with Crippen LogP contribution in [0.3, 0.4) is 0 Å². The fraction of sp³-hybridized carbons (Fsp3) is 0.360. The number of hydrogen-bond donors (Lipinski definition) is 1. The molecule has 0 aliphatic rings. The number of ether oxygens (including phenoxy) is 1. The average molecular weight is 454 g/mol. The fourth-order valence-corrected chi connectivity index (χ4v) is 5.54. The Morgan fingerprint density at radius 3 is 1.87 bits per heavy atom. The molecular weight excluding hydrogens is 418 g/mol. The van der Waals surface area contributed by atoms with Crippen molar-refractivity contribution in [3.8, 4) is 0 Å². The molecular formula is C25H35NO3Si2. The molecule has 0 aromatic heterocycles. The molecule has 31 heavy (non-hydrogen) atoms. The summed E-state index contributed by atoms with van der Waals surface area (Å²) in [6, 6.07) is 13.9. The highest BCUT2D eigenvalue weighted by Crippen LogP contribution is 2.15.